The molecule has 3 heteroatoms. The van der Waals surface area contributed by atoms with Gasteiger partial charge in [-0.25, -0.2) is 0 Å². The molecule has 0 saturated heterocycles. The molecule has 0 aliphatic heterocycles. The lowest BCUT2D eigenvalue weighted by atomic mass is 10.2. The topological polar surface area (TPSA) is 45.0 Å². The molecular formula is C15H22N2O. The van der Waals surface area contributed by atoms with Gasteiger partial charge in [-0.1, -0.05) is 18.2 Å². The van der Waals surface area contributed by atoms with E-state index in [2.05, 4.69) is 17.5 Å². The van der Waals surface area contributed by atoms with Gasteiger partial charge in [0.2, 0.25) is 0 Å². The molecule has 3 nitrogen and oxygen atoms in total. The van der Waals surface area contributed by atoms with Crippen molar-refractivity contribution in [2.75, 3.05) is 6.54 Å². The van der Waals surface area contributed by atoms with Crippen LogP contribution in [0.15, 0.2) is 24.3 Å². The first-order valence-corrected chi connectivity index (χ1v) is 6.56. The molecule has 0 aromatic heterocycles. The maximum Gasteiger partial charge on any atom is 0.124 e. The molecule has 0 heterocycles. The molecule has 0 amide bonds. The lowest BCUT2D eigenvalue weighted by molar-refractivity contribution is 0.239. The molecule has 0 aliphatic carbocycles. The molecule has 0 atom stereocenters. The average Bonchev–Trinajstić information content (AvgIpc) is 2.35. The number of ether oxygens (including phenoxy) is 1. The van der Waals surface area contributed by atoms with E-state index in [0.717, 1.165) is 31.7 Å². The fourth-order valence-corrected chi connectivity index (χ4v) is 1.70. The van der Waals surface area contributed by atoms with E-state index in [4.69, 9.17) is 10.00 Å². The SMILES string of the molecule is CC(C)Oc1ccccc1CNCCCCC#N. The predicted octanol–water partition coefficient (Wildman–Crippen LogP) is 3.26. The second-order valence-electron chi connectivity index (χ2n) is 4.57. The summed E-state index contributed by atoms with van der Waals surface area (Å²) in [6, 6.07) is 10.3. The van der Waals surface area contributed by atoms with Gasteiger partial charge < -0.3 is 10.1 Å². The molecule has 18 heavy (non-hydrogen) atoms. The van der Waals surface area contributed by atoms with Crippen molar-refractivity contribution in [2.24, 2.45) is 0 Å². The molecule has 0 fully saturated rings. The minimum Gasteiger partial charge on any atom is -0.491 e. The maximum atomic E-state index is 8.43. The van der Waals surface area contributed by atoms with Gasteiger partial charge in [0.1, 0.15) is 5.75 Å². The number of rotatable bonds is 8. The fourth-order valence-electron chi connectivity index (χ4n) is 1.70. The molecule has 1 aromatic carbocycles. The van der Waals surface area contributed by atoms with Crippen molar-refractivity contribution in [3.8, 4) is 11.8 Å². The van der Waals surface area contributed by atoms with E-state index in [1.165, 1.54) is 5.56 Å². The largest absolute Gasteiger partial charge is 0.491 e. The third-order valence-electron chi connectivity index (χ3n) is 2.54. The van der Waals surface area contributed by atoms with Crippen molar-refractivity contribution >= 4 is 0 Å². The Hall–Kier alpha value is -1.53. The van der Waals surface area contributed by atoms with Gasteiger partial charge in [0.05, 0.1) is 12.2 Å². The van der Waals surface area contributed by atoms with E-state index in [-0.39, 0.29) is 6.10 Å². The highest BCUT2D eigenvalue weighted by molar-refractivity contribution is 5.33. The number of hydrogen-bond acceptors (Lipinski definition) is 3. The van der Waals surface area contributed by atoms with E-state index in [9.17, 15) is 0 Å². The lowest BCUT2D eigenvalue weighted by Gasteiger charge is -2.14. The van der Waals surface area contributed by atoms with Gasteiger partial charge in [0.25, 0.3) is 0 Å². The fraction of sp³-hybridized carbons (Fsp3) is 0.533. The van der Waals surface area contributed by atoms with E-state index >= 15 is 0 Å². The Labute approximate surface area is 110 Å². The van der Waals surface area contributed by atoms with Crippen LogP contribution < -0.4 is 10.1 Å². The van der Waals surface area contributed by atoms with Gasteiger partial charge in [-0.15, -0.1) is 0 Å². The molecule has 0 spiro atoms. The Balaban J connectivity index is 2.35. The predicted molar refractivity (Wildman–Crippen MR) is 73.4 cm³/mol. The first-order chi connectivity index (χ1) is 8.74. The summed E-state index contributed by atoms with van der Waals surface area (Å²) in [5, 5.41) is 11.8. The summed E-state index contributed by atoms with van der Waals surface area (Å²) in [6.45, 7) is 5.82. The molecule has 1 rings (SSSR count). The molecular weight excluding hydrogens is 224 g/mol. The molecule has 0 aliphatic rings. The van der Waals surface area contributed by atoms with E-state index in [1.807, 2.05) is 32.0 Å². The highest BCUT2D eigenvalue weighted by atomic mass is 16.5. The Bertz CT molecular complexity index is 382. The van der Waals surface area contributed by atoms with Crippen LogP contribution in [0.25, 0.3) is 0 Å². The van der Waals surface area contributed by atoms with Gasteiger partial charge >= 0.3 is 0 Å². The minimum absolute atomic E-state index is 0.196. The normalized spacial score (nSPS) is 10.3. The van der Waals surface area contributed by atoms with Gasteiger partial charge in [0.15, 0.2) is 0 Å². The van der Waals surface area contributed by atoms with Gasteiger partial charge in [0, 0.05) is 18.5 Å². The number of nitrogens with one attached hydrogen (secondary N) is 1. The highest BCUT2D eigenvalue weighted by Gasteiger charge is 2.03. The molecule has 0 saturated carbocycles. The van der Waals surface area contributed by atoms with Crippen molar-refractivity contribution in [1.29, 1.82) is 5.26 Å². The van der Waals surface area contributed by atoms with Gasteiger partial charge in [-0.2, -0.15) is 5.26 Å². The third-order valence-corrected chi connectivity index (χ3v) is 2.54. The Morgan fingerprint density at radius 2 is 2.06 bits per heavy atom. The summed E-state index contributed by atoms with van der Waals surface area (Å²) in [7, 11) is 0. The second kappa shape index (κ2) is 8.54. The van der Waals surface area contributed by atoms with Crippen LogP contribution >= 0.6 is 0 Å². The number of nitrogens with zero attached hydrogens (tertiary/aromatic N) is 1. The van der Waals surface area contributed by atoms with E-state index in [1.54, 1.807) is 0 Å². The zero-order valence-electron chi connectivity index (χ0n) is 11.3. The van der Waals surface area contributed by atoms with E-state index < -0.39 is 0 Å². The summed E-state index contributed by atoms with van der Waals surface area (Å²) < 4.78 is 5.76. The number of unbranched alkanes of at least 4 members (excludes halogenated alkanes) is 2. The lowest BCUT2D eigenvalue weighted by Crippen LogP contribution is -2.16. The zero-order chi connectivity index (χ0) is 13.2. The maximum absolute atomic E-state index is 8.43. The molecule has 0 bridgehead atoms. The molecule has 0 unspecified atom stereocenters. The summed E-state index contributed by atoms with van der Waals surface area (Å²) >= 11 is 0. The first kappa shape index (κ1) is 14.5. The standard InChI is InChI=1S/C15H22N2O/c1-13(2)18-15-9-5-4-8-14(15)12-17-11-7-3-6-10-16/h4-5,8-9,13,17H,3,6-7,11-12H2,1-2H3. The zero-order valence-corrected chi connectivity index (χ0v) is 11.3. The van der Waals surface area contributed by atoms with Crippen molar-refractivity contribution < 1.29 is 4.74 Å². The number of hydrogen-bond donors (Lipinski definition) is 1. The second-order valence-corrected chi connectivity index (χ2v) is 4.57. The third kappa shape index (κ3) is 5.70. The Kier molecular flexibility index (Phi) is 6.90. The van der Waals surface area contributed by atoms with Gasteiger partial charge in [-0.05, 0) is 39.3 Å². The van der Waals surface area contributed by atoms with Crippen molar-refractivity contribution in [3.05, 3.63) is 29.8 Å². The van der Waals surface area contributed by atoms with Crippen LogP contribution in [-0.4, -0.2) is 12.6 Å². The molecule has 1 aromatic rings. The quantitative estimate of drug-likeness (QED) is 0.716. The van der Waals surface area contributed by atoms with E-state index in [0.29, 0.717) is 6.42 Å². The number of nitriles is 1. The van der Waals surface area contributed by atoms with Crippen LogP contribution in [0.4, 0.5) is 0 Å². The summed E-state index contributed by atoms with van der Waals surface area (Å²) in [6.07, 6.45) is 2.85. The van der Waals surface area contributed by atoms with Crippen LogP contribution in [0.1, 0.15) is 38.7 Å². The highest BCUT2D eigenvalue weighted by Crippen LogP contribution is 2.18. The Morgan fingerprint density at radius 1 is 1.28 bits per heavy atom. The summed E-state index contributed by atoms with van der Waals surface area (Å²) in [5.41, 5.74) is 1.19. The molecule has 98 valence electrons. The van der Waals surface area contributed by atoms with Crippen LogP contribution in [0.5, 0.6) is 5.75 Å². The molecule has 0 radical (unpaired) electrons. The summed E-state index contributed by atoms with van der Waals surface area (Å²) in [4.78, 5) is 0. The monoisotopic (exact) mass is 246 g/mol. The Morgan fingerprint density at radius 3 is 2.78 bits per heavy atom. The van der Waals surface area contributed by atoms with Crippen molar-refractivity contribution in [3.63, 3.8) is 0 Å². The van der Waals surface area contributed by atoms with Crippen LogP contribution in [-0.2, 0) is 6.54 Å². The van der Waals surface area contributed by atoms with Crippen LogP contribution in [0.3, 0.4) is 0 Å². The minimum atomic E-state index is 0.196. The van der Waals surface area contributed by atoms with Crippen molar-refractivity contribution in [2.45, 2.75) is 45.8 Å². The smallest absolute Gasteiger partial charge is 0.124 e. The summed E-state index contributed by atoms with van der Waals surface area (Å²) in [5.74, 6) is 0.956. The average molecular weight is 246 g/mol. The first-order valence-electron chi connectivity index (χ1n) is 6.56. The van der Waals surface area contributed by atoms with Crippen LogP contribution in [0, 0.1) is 11.3 Å². The number of para-hydroxylation sites is 1. The van der Waals surface area contributed by atoms with Gasteiger partial charge in [-0.3, -0.25) is 0 Å². The number of benzene rings is 1. The molecule has 1 N–H and O–H groups in total. The van der Waals surface area contributed by atoms with Crippen LogP contribution in [0.2, 0.25) is 0 Å². The van der Waals surface area contributed by atoms with Crippen molar-refractivity contribution in [1.82, 2.24) is 5.32 Å².